The summed E-state index contributed by atoms with van der Waals surface area (Å²) in [6.07, 6.45) is 3.86. The van der Waals surface area contributed by atoms with Crippen LogP contribution < -0.4 is 21.7 Å². The Kier molecular flexibility index (Phi) is 18.7. The average molecular weight is 701 g/mol. The van der Waals surface area contributed by atoms with Gasteiger partial charge < -0.3 is 54.8 Å². The van der Waals surface area contributed by atoms with Gasteiger partial charge in [-0.2, -0.15) is 0 Å². The van der Waals surface area contributed by atoms with Gasteiger partial charge in [-0.1, -0.05) is 73.3 Å². The first-order chi connectivity index (χ1) is 24.3. The number of hydrogen-bond acceptors (Lipinski definition) is 11. The second-order valence-electron chi connectivity index (χ2n) is 12.1. The van der Waals surface area contributed by atoms with E-state index in [-0.39, 0.29) is 69.8 Å². The van der Waals surface area contributed by atoms with Gasteiger partial charge in [0.15, 0.2) is 0 Å². The van der Waals surface area contributed by atoms with Crippen molar-refractivity contribution in [3.63, 3.8) is 0 Å². The number of carbonyl (C=O) groups excluding carboxylic acids is 3. The van der Waals surface area contributed by atoms with Crippen LogP contribution in [0, 0.1) is 0 Å². The van der Waals surface area contributed by atoms with E-state index in [1.807, 2.05) is 60.7 Å². The van der Waals surface area contributed by atoms with E-state index in [0.717, 1.165) is 30.4 Å². The van der Waals surface area contributed by atoms with Gasteiger partial charge in [-0.15, -0.1) is 0 Å². The van der Waals surface area contributed by atoms with E-state index >= 15 is 0 Å². The molecule has 0 saturated heterocycles. The molecular weight excluding hydrogens is 648 g/mol. The minimum atomic E-state index is -0.525. The van der Waals surface area contributed by atoms with Crippen LogP contribution in [-0.2, 0) is 46.4 Å². The third-order valence-electron chi connectivity index (χ3n) is 7.93. The van der Waals surface area contributed by atoms with Crippen LogP contribution in [0.1, 0.15) is 49.7 Å². The van der Waals surface area contributed by atoms with Crippen molar-refractivity contribution < 1.29 is 47.5 Å². The molecule has 276 valence electrons. The van der Waals surface area contributed by atoms with E-state index in [1.54, 1.807) is 14.2 Å². The Labute approximate surface area is 294 Å². The minimum absolute atomic E-state index is 0.00289. The Balaban J connectivity index is 0.000000278. The van der Waals surface area contributed by atoms with Crippen LogP contribution in [0.25, 0.3) is 0 Å². The third kappa shape index (κ3) is 16.5. The molecule has 50 heavy (non-hydrogen) atoms. The second-order valence-corrected chi connectivity index (χ2v) is 12.1. The smallest absolute Gasteiger partial charge is 0.407 e. The first-order valence-electron chi connectivity index (χ1n) is 16.7. The monoisotopic (exact) mass is 700 g/mol. The molecule has 0 heterocycles. The molecule has 0 aromatic heterocycles. The summed E-state index contributed by atoms with van der Waals surface area (Å²) in [5, 5.41) is 8.51. The molecule has 2 aromatic rings. The predicted octanol–water partition coefficient (Wildman–Crippen LogP) is 4.52. The van der Waals surface area contributed by atoms with E-state index in [9.17, 15) is 14.4 Å². The van der Waals surface area contributed by atoms with Gasteiger partial charge in [-0.05, 0) is 49.7 Å². The summed E-state index contributed by atoms with van der Waals surface area (Å²) < 4.78 is 36.5. The van der Waals surface area contributed by atoms with Gasteiger partial charge in [0.25, 0.3) is 0 Å². The summed E-state index contributed by atoms with van der Waals surface area (Å²) in [6.45, 7) is 4.48. The zero-order valence-corrected chi connectivity index (χ0v) is 29.0. The number of nitrogens with one attached hydrogen (secondary N) is 3. The Morgan fingerprint density at radius 1 is 0.660 bits per heavy atom. The summed E-state index contributed by atoms with van der Waals surface area (Å²) in [5.74, 6) is 0. The van der Waals surface area contributed by atoms with Crippen molar-refractivity contribution in [1.82, 2.24) is 16.0 Å². The van der Waals surface area contributed by atoms with E-state index in [2.05, 4.69) is 22.5 Å². The zero-order chi connectivity index (χ0) is 36.0. The van der Waals surface area contributed by atoms with Gasteiger partial charge in [0.05, 0.1) is 12.2 Å². The number of ether oxygens (including phenoxy) is 7. The molecule has 0 aliphatic heterocycles. The molecule has 14 heteroatoms. The standard InChI is InChI=1S/C20H28N2O6.C16H24N2O4/c1-3-9-26-19(23)21-16-10-17(12-18(11-16)28-14-25-2)22-20(24)27-13-15-7-5-4-6-8-15;1-20-11-22-15-8-13(17)7-14(9-15)18-16(19)21-10-12-5-3-2-4-6-12/h3-8,16-18H,1,9-14H2,2H3,(H,21,23)(H,22,24);2-6,13-15H,7-11,17H2,1H3,(H,18,19)/t16-,17+,18-;13-,14+,15-/m00/s1. The number of alkyl carbamates (subject to hydrolysis) is 3. The highest BCUT2D eigenvalue weighted by Gasteiger charge is 2.32. The minimum Gasteiger partial charge on any atom is -0.445 e. The number of hydrogen-bond donors (Lipinski definition) is 4. The lowest BCUT2D eigenvalue weighted by Gasteiger charge is -2.35. The molecule has 14 nitrogen and oxygen atoms in total. The van der Waals surface area contributed by atoms with Crippen molar-refractivity contribution in [2.24, 2.45) is 5.73 Å². The largest absolute Gasteiger partial charge is 0.445 e. The number of nitrogens with two attached hydrogens (primary N) is 1. The van der Waals surface area contributed by atoms with Crippen molar-refractivity contribution in [2.75, 3.05) is 34.4 Å². The highest BCUT2D eigenvalue weighted by molar-refractivity contribution is 5.69. The number of benzene rings is 2. The first kappa shape index (κ1) is 40.2. The Hall–Kier alpha value is -4.21. The van der Waals surface area contributed by atoms with Crippen LogP contribution >= 0.6 is 0 Å². The SMILES string of the molecule is C=CCOC(=O)N[C@H]1C[C@@H](NC(=O)OCc2ccccc2)C[C@@H](OCOC)C1.COCO[C@H]1C[C@@H](N)C[C@@H](NC(=O)OCc2ccccc2)C1. The van der Waals surface area contributed by atoms with Gasteiger partial charge in [-0.25, -0.2) is 14.4 Å². The van der Waals surface area contributed by atoms with E-state index in [0.29, 0.717) is 19.3 Å². The fourth-order valence-electron chi connectivity index (χ4n) is 5.74. The molecule has 0 bridgehead atoms. The molecular formula is C36H52N4O10. The molecule has 2 fully saturated rings. The summed E-state index contributed by atoms with van der Waals surface area (Å²) in [7, 11) is 3.13. The summed E-state index contributed by atoms with van der Waals surface area (Å²) >= 11 is 0. The highest BCUT2D eigenvalue weighted by Crippen LogP contribution is 2.23. The average Bonchev–Trinajstić information content (AvgIpc) is 3.11. The summed E-state index contributed by atoms with van der Waals surface area (Å²) in [6, 6.07) is 18.6. The van der Waals surface area contributed by atoms with Crippen molar-refractivity contribution in [2.45, 2.75) is 88.1 Å². The Bertz CT molecular complexity index is 1270. The summed E-state index contributed by atoms with van der Waals surface area (Å²) in [4.78, 5) is 35.8. The fourth-order valence-corrected chi connectivity index (χ4v) is 5.74. The van der Waals surface area contributed by atoms with Crippen LogP contribution in [0.2, 0.25) is 0 Å². The quantitative estimate of drug-likeness (QED) is 0.117. The maximum Gasteiger partial charge on any atom is 0.407 e. The molecule has 6 atom stereocenters. The van der Waals surface area contributed by atoms with Crippen LogP contribution in [0.4, 0.5) is 14.4 Å². The lowest BCUT2D eigenvalue weighted by molar-refractivity contribution is -0.0883. The molecule has 4 rings (SSSR count). The maximum atomic E-state index is 12.2. The normalized spacial score (nSPS) is 22.9. The molecule has 2 saturated carbocycles. The molecule has 2 aliphatic rings. The van der Waals surface area contributed by atoms with E-state index in [4.69, 9.17) is 38.9 Å². The van der Waals surface area contributed by atoms with Gasteiger partial charge >= 0.3 is 18.3 Å². The molecule has 2 aliphatic carbocycles. The molecule has 5 N–H and O–H groups in total. The molecule has 0 radical (unpaired) electrons. The lowest BCUT2D eigenvalue weighted by Crippen LogP contribution is -2.50. The molecule has 3 amide bonds. The van der Waals surface area contributed by atoms with Crippen LogP contribution in [0.5, 0.6) is 0 Å². The predicted molar refractivity (Wildman–Crippen MR) is 185 cm³/mol. The fraction of sp³-hybridized carbons (Fsp3) is 0.528. The number of rotatable bonds is 15. The van der Waals surface area contributed by atoms with Gasteiger partial charge in [0.2, 0.25) is 0 Å². The van der Waals surface area contributed by atoms with Crippen LogP contribution in [0.15, 0.2) is 73.3 Å². The molecule has 2 aromatic carbocycles. The number of methoxy groups -OCH3 is 2. The summed E-state index contributed by atoms with van der Waals surface area (Å²) in [5.41, 5.74) is 7.88. The Morgan fingerprint density at radius 3 is 1.52 bits per heavy atom. The van der Waals surface area contributed by atoms with Crippen LogP contribution in [0.3, 0.4) is 0 Å². The van der Waals surface area contributed by atoms with Crippen LogP contribution in [-0.4, -0.2) is 89.1 Å². The number of amides is 3. The first-order valence-corrected chi connectivity index (χ1v) is 16.7. The second kappa shape index (κ2) is 23.2. The van der Waals surface area contributed by atoms with Crippen molar-refractivity contribution >= 4 is 18.3 Å². The molecule has 0 unspecified atom stereocenters. The van der Waals surface area contributed by atoms with Crippen molar-refractivity contribution in [3.05, 3.63) is 84.4 Å². The number of carbonyl (C=O) groups is 3. The van der Waals surface area contributed by atoms with E-state index in [1.165, 1.54) is 6.08 Å². The van der Waals surface area contributed by atoms with Crippen molar-refractivity contribution in [1.29, 1.82) is 0 Å². The lowest BCUT2D eigenvalue weighted by atomic mass is 9.88. The van der Waals surface area contributed by atoms with Crippen molar-refractivity contribution in [3.8, 4) is 0 Å². The highest BCUT2D eigenvalue weighted by atomic mass is 16.7. The zero-order valence-electron chi connectivity index (χ0n) is 29.0. The Morgan fingerprint density at radius 2 is 1.08 bits per heavy atom. The van der Waals surface area contributed by atoms with Gasteiger partial charge in [0.1, 0.15) is 33.4 Å². The molecule has 0 spiro atoms. The van der Waals surface area contributed by atoms with Gasteiger partial charge in [0, 0.05) is 38.4 Å². The maximum absolute atomic E-state index is 12.2. The third-order valence-corrected chi connectivity index (χ3v) is 7.93. The van der Waals surface area contributed by atoms with E-state index < -0.39 is 18.3 Å². The van der Waals surface area contributed by atoms with Gasteiger partial charge in [-0.3, -0.25) is 0 Å². The topological polar surface area (TPSA) is 178 Å².